The highest BCUT2D eigenvalue weighted by molar-refractivity contribution is 6.05. The summed E-state index contributed by atoms with van der Waals surface area (Å²) in [7, 11) is 0. The molecule has 0 unspecified atom stereocenters. The summed E-state index contributed by atoms with van der Waals surface area (Å²) in [5.41, 5.74) is 1.88. The number of nitriles is 1. The monoisotopic (exact) mass is 444 g/mol. The molecule has 33 heavy (non-hydrogen) atoms. The lowest BCUT2D eigenvalue weighted by Gasteiger charge is -2.19. The molecule has 8 heteroatoms. The summed E-state index contributed by atoms with van der Waals surface area (Å²) in [4.78, 5) is 28.8. The topological polar surface area (TPSA) is 113 Å². The number of hydrogen-bond donors (Lipinski definition) is 2. The Labute approximate surface area is 192 Å². The molecule has 0 saturated heterocycles. The number of ether oxygens (including phenoxy) is 2. The fourth-order valence-electron chi connectivity index (χ4n) is 2.86. The maximum atomic E-state index is 12.8. The molecular formula is C25H24N4O4. The van der Waals surface area contributed by atoms with Crippen LogP contribution in [0.25, 0.3) is 0 Å². The fourth-order valence-corrected chi connectivity index (χ4v) is 2.86. The van der Waals surface area contributed by atoms with E-state index in [1.807, 2.05) is 13.0 Å². The number of rotatable bonds is 5. The first kappa shape index (κ1) is 23.3. The predicted molar refractivity (Wildman–Crippen MR) is 124 cm³/mol. The van der Waals surface area contributed by atoms with Crippen molar-refractivity contribution in [1.29, 1.82) is 5.26 Å². The van der Waals surface area contributed by atoms with Crippen LogP contribution in [0.2, 0.25) is 0 Å². The van der Waals surface area contributed by atoms with Crippen LogP contribution in [0.4, 0.5) is 16.2 Å². The Kier molecular flexibility index (Phi) is 6.94. The van der Waals surface area contributed by atoms with E-state index in [2.05, 4.69) is 15.6 Å². The number of pyridine rings is 1. The third-order valence-corrected chi connectivity index (χ3v) is 4.32. The summed E-state index contributed by atoms with van der Waals surface area (Å²) in [6, 6.07) is 17.0. The lowest BCUT2D eigenvalue weighted by molar-refractivity contribution is 0.0635. The van der Waals surface area contributed by atoms with E-state index in [0.29, 0.717) is 28.3 Å². The molecule has 3 rings (SSSR count). The van der Waals surface area contributed by atoms with Gasteiger partial charge in [0.05, 0.1) is 0 Å². The van der Waals surface area contributed by atoms with Gasteiger partial charge in [0, 0.05) is 23.1 Å². The van der Waals surface area contributed by atoms with Crippen molar-refractivity contribution in [2.75, 3.05) is 10.6 Å². The minimum Gasteiger partial charge on any atom is -0.444 e. The zero-order valence-corrected chi connectivity index (χ0v) is 18.8. The Hall–Kier alpha value is -4.38. The van der Waals surface area contributed by atoms with E-state index >= 15 is 0 Å². The van der Waals surface area contributed by atoms with E-state index < -0.39 is 11.7 Å². The van der Waals surface area contributed by atoms with Crippen molar-refractivity contribution in [3.63, 3.8) is 0 Å². The Morgan fingerprint density at radius 2 is 1.82 bits per heavy atom. The van der Waals surface area contributed by atoms with Crippen LogP contribution in [0, 0.1) is 18.3 Å². The molecule has 0 saturated carbocycles. The number of hydrogen-bond acceptors (Lipinski definition) is 6. The number of benzene rings is 2. The van der Waals surface area contributed by atoms with Gasteiger partial charge in [-0.25, -0.2) is 9.78 Å². The second-order valence-electron chi connectivity index (χ2n) is 8.21. The molecule has 0 aliphatic rings. The molecule has 0 atom stereocenters. The van der Waals surface area contributed by atoms with Gasteiger partial charge >= 0.3 is 6.09 Å². The second-order valence-corrected chi connectivity index (χ2v) is 8.21. The number of aryl methyl sites for hydroxylation is 1. The molecule has 2 N–H and O–H groups in total. The van der Waals surface area contributed by atoms with Gasteiger partial charge in [0.15, 0.2) is 0 Å². The number of anilines is 2. The molecule has 3 aromatic rings. The quantitative estimate of drug-likeness (QED) is 0.525. The van der Waals surface area contributed by atoms with Crippen molar-refractivity contribution in [2.24, 2.45) is 0 Å². The molecule has 2 aromatic carbocycles. The van der Waals surface area contributed by atoms with Crippen LogP contribution < -0.4 is 15.4 Å². The standard InChI is InChI=1S/C25H24N4O4/c1-16-13-20(32-23-18(15-26)8-6-12-27-23)10-11-21(16)29-22(30)17-7-5-9-19(14-17)28-24(31)33-25(2,3)4/h5-14H,1-4H3,(H,28,31)(H,29,30). The zero-order valence-electron chi connectivity index (χ0n) is 18.8. The maximum absolute atomic E-state index is 12.8. The van der Waals surface area contributed by atoms with Crippen LogP contribution in [0.3, 0.4) is 0 Å². The summed E-state index contributed by atoms with van der Waals surface area (Å²) in [5, 5.41) is 14.6. The normalized spacial score (nSPS) is 10.6. The van der Waals surface area contributed by atoms with Gasteiger partial charge in [-0.2, -0.15) is 5.26 Å². The van der Waals surface area contributed by atoms with Crippen molar-refractivity contribution in [3.8, 4) is 17.7 Å². The van der Waals surface area contributed by atoms with Crippen LogP contribution in [0.1, 0.15) is 42.3 Å². The van der Waals surface area contributed by atoms with E-state index in [4.69, 9.17) is 9.47 Å². The van der Waals surface area contributed by atoms with Gasteiger partial charge in [0.2, 0.25) is 5.88 Å². The summed E-state index contributed by atoms with van der Waals surface area (Å²) in [5.74, 6) is 0.367. The van der Waals surface area contributed by atoms with Gasteiger partial charge in [-0.15, -0.1) is 0 Å². The molecule has 0 spiro atoms. The van der Waals surface area contributed by atoms with Crippen LogP contribution in [-0.4, -0.2) is 22.6 Å². The molecule has 1 heterocycles. The highest BCUT2D eigenvalue weighted by atomic mass is 16.6. The lowest BCUT2D eigenvalue weighted by atomic mass is 10.1. The van der Waals surface area contributed by atoms with Gasteiger partial charge in [0.25, 0.3) is 5.91 Å². The third-order valence-electron chi connectivity index (χ3n) is 4.32. The van der Waals surface area contributed by atoms with Crippen LogP contribution in [0.15, 0.2) is 60.8 Å². The highest BCUT2D eigenvalue weighted by Gasteiger charge is 2.17. The molecule has 168 valence electrons. The third kappa shape index (κ3) is 6.55. The van der Waals surface area contributed by atoms with Crippen LogP contribution in [0.5, 0.6) is 11.6 Å². The smallest absolute Gasteiger partial charge is 0.412 e. The lowest BCUT2D eigenvalue weighted by Crippen LogP contribution is -2.27. The molecule has 0 aliphatic heterocycles. The van der Waals surface area contributed by atoms with E-state index in [-0.39, 0.29) is 11.8 Å². The molecule has 8 nitrogen and oxygen atoms in total. The Balaban J connectivity index is 1.69. The number of carbonyl (C=O) groups excluding carboxylic acids is 2. The largest absolute Gasteiger partial charge is 0.444 e. The Morgan fingerprint density at radius 3 is 2.52 bits per heavy atom. The first-order valence-corrected chi connectivity index (χ1v) is 10.2. The molecule has 0 radical (unpaired) electrons. The summed E-state index contributed by atoms with van der Waals surface area (Å²) < 4.78 is 11.0. The minimum atomic E-state index is -0.626. The van der Waals surface area contributed by atoms with Gasteiger partial charge in [-0.3, -0.25) is 10.1 Å². The molecule has 0 bridgehead atoms. The van der Waals surface area contributed by atoms with Crippen molar-refractivity contribution in [3.05, 3.63) is 77.5 Å². The van der Waals surface area contributed by atoms with E-state index in [1.54, 1.807) is 81.6 Å². The average Bonchev–Trinajstić information content (AvgIpc) is 2.74. The second kappa shape index (κ2) is 9.83. The Morgan fingerprint density at radius 1 is 1.03 bits per heavy atom. The summed E-state index contributed by atoms with van der Waals surface area (Å²) in [6.07, 6.45) is 0.947. The zero-order chi connectivity index (χ0) is 24.0. The van der Waals surface area contributed by atoms with Crippen LogP contribution >= 0.6 is 0 Å². The van der Waals surface area contributed by atoms with Gasteiger partial charge < -0.3 is 14.8 Å². The van der Waals surface area contributed by atoms with Crippen LogP contribution in [-0.2, 0) is 4.74 Å². The number of nitrogens with one attached hydrogen (secondary N) is 2. The summed E-state index contributed by atoms with van der Waals surface area (Å²) in [6.45, 7) is 7.14. The van der Waals surface area contributed by atoms with Gasteiger partial charge in [-0.1, -0.05) is 6.07 Å². The van der Waals surface area contributed by atoms with Crippen molar-refractivity contribution < 1.29 is 19.1 Å². The van der Waals surface area contributed by atoms with E-state index in [9.17, 15) is 14.9 Å². The summed E-state index contributed by atoms with van der Waals surface area (Å²) >= 11 is 0. The first-order valence-electron chi connectivity index (χ1n) is 10.2. The number of amides is 2. The number of nitrogens with zero attached hydrogens (tertiary/aromatic N) is 2. The molecule has 0 aliphatic carbocycles. The van der Waals surface area contributed by atoms with Crippen molar-refractivity contribution in [1.82, 2.24) is 4.98 Å². The van der Waals surface area contributed by atoms with Crippen molar-refractivity contribution >= 4 is 23.4 Å². The molecular weight excluding hydrogens is 420 g/mol. The number of carbonyl (C=O) groups is 2. The highest BCUT2D eigenvalue weighted by Crippen LogP contribution is 2.27. The van der Waals surface area contributed by atoms with Gasteiger partial charge in [0.1, 0.15) is 23.0 Å². The fraction of sp³-hybridized carbons (Fsp3) is 0.200. The number of aromatic nitrogens is 1. The molecule has 0 fully saturated rings. The SMILES string of the molecule is Cc1cc(Oc2ncccc2C#N)ccc1NC(=O)c1cccc(NC(=O)OC(C)(C)C)c1. The van der Waals surface area contributed by atoms with Crippen molar-refractivity contribution in [2.45, 2.75) is 33.3 Å². The average molecular weight is 444 g/mol. The predicted octanol–water partition coefficient (Wildman–Crippen LogP) is 5.65. The minimum absolute atomic E-state index is 0.213. The van der Waals surface area contributed by atoms with Gasteiger partial charge in [-0.05, 0) is 81.8 Å². The van der Waals surface area contributed by atoms with E-state index in [1.165, 1.54) is 0 Å². The molecule has 1 aromatic heterocycles. The van der Waals surface area contributed by atoms with E-state index in [0.717, 1.165) is 5.56 Å². The Bertz CT molecular complexity index is 1230. The maximum Gasteiger partial charge on any atom is 0.412 e. The molecule has 2 amide bonds. The first-order chi connectivity index (χ1) is 15.6.